The summed E-state index contributed by atoms with van der Waals surface area (Å²) in [5.41, 5.74) is 5.69. The van der Waals surface area contributed by atoms with Gasteiger partial charge < -0.3 is 67.3 Å². The minimum atomic E-state index is -0.414. The number of esters is 1. The molecule has 0 aliphatic heterocycles. The molecule has 0 saturated heterocycles. The van der Waals surface area contributed by atoms with Gasteiger partial charge in [-0.05, 0) is 6.92 Å². The zero-order valence-electron chi connectivity index (χ0n) is 27.4. The van der Waals surface area contributed by atoms with Crippen molar-refractivity contribution in [2.24, 2.45) is 5.73 Å². The molecular formula is C30H59NO14. The molecule has 0 aromatic rings. The summed E-state index contributed by atoms with van der Waals surface area (Å²) < 4.78 is 69.8. The van der Waals surface area contributed by atoms with Crippen LogP contribution in [0.4, 0.5) is 0 Å². The van der Waals surface area contributed by atoms with Crippen LogP contribution in [-0.4, -0.2) is 178 Å². The minimum Gasteiger partial charge on any atom is -0.460 e. The van der Waals surface area contributed by atoms with E-state index in [0.717, 1.165) is 0 Å². The van der Waals surface area contributed by atoms with E-state index in [1.165, 1.54) is 0 Å². The van der Waals surface area contributed by atoms with Gasteiger partial charge in [0.05, 0.1) is 159 Å². The van der Waals surface area contributed by atoms with Crippen LogP contribution in [0.3, 0.4) is 0 Å². The Morgan fingerprint density at radius 3 is 0.733 bits per heavy atom. The van der Waals surface area contributed by atoms with Gasteiger partial charge in [-0.1, -0.05) is 6.58 Å². The van der Waals surface area contributed by atoms with Gasteiger partial charge in [0.1, 0.15) is 6.61 Å². The summed E-state index contributed by atoms with van der Waals surface area (Å²) >= 11 is 0. The number of carbonyl (C=O) groups excluding carboxylic acids is 1. The molecule has 0 bridgehead atoms. The fourth-order valence-corrected chi connectivity index (χ4v) is 2.92. The van der Waals surface area contributed by atoms with Crippen LogP contribution in [0.25, 0.3) is 0 Å². The number of ether oxygens (including phenoxy) is 13. The maximum atomic E-state index is 11.2. The van der Waals surface area contributed by atoms with Gasteiger partial charge in [-0.25, -0.2) is 4.79 Å². The third-order valence-electron chi connectivity index (χ3n) is 5.16. The molecule has 15 heteroatoms. The highest BCUT2D eigenvalue weighted by Gasteiger charge is 2.02. The van der Waals surface area contributed by atoms with Crippen LogP contribution in [0.1, 0.15) is 6.92 Å². The Kier molecular flexibility index (Phi) is 37.7. The Labute approximate surface area is 269 Å². The first-order valence-electron chi connectivity index (χ1n) is 15.6. The van der Waals surface area contributed by atoms with E-state index in [2.05, 4.69) is 6.58 Å². The van der Waals surface area contributed by atoms with Crippen LogP contribution in [0.15, 0.2) is 12.2 Å². The molecule has 45 heavy (non-hydrogen) atoms. The van der Waals surface area contributed by atoms with E-state index in [-0.39, 0.29) is 6.61 Å². The van der Waals surface area contributed by atoms with Gasteiger partial charge in [0.2, 0.25) is 0 Å². The Balaban J connectivity index is 3.06. The molecule has 268 valence electrons. The molecule has 0 radical (unpaired) electrons. The van der Waals surface area contributed by atoms with Crippen LogP contribution in [0.2, 0.25) is 0 Å². The zero-order valence-corrected chi connectivity index (χ0v) is 27.4. The lowest BCUT2D eigenvalue weighted by molar-refractivity contribution is -0.140. The molecule has 0 amide bonds. The van der Waals surface area contributed by atoms with Gasteiger partial charge in [0.15, 0.2) is 0 Å². The predicted molar refractivity (Wildman–Crippen MR) is 165 cm³/mol. The smallest absolute Gasteiger partial charge is 0.333 e. The van der Waals surface area contributed by atoms with Crippen molar-refractivity contribution in [1.82, 2.24) is 0 Å². The first kappa shape index (κ1) is 43.7. The van der Waals surface area contributed by atoms with E-state index in [1.807, 2.05) is 0 Å². The van der Waals surface area contributed by atoms with Gasteiger partial charge in [0.25, 0.3) is 0 Å². The van der Waals surface area contributed by atoms with E-state index in [4.69, 9.17) is 67.3 Å². The average Bonchev–Trinajstić information content (AvgIpc) is 3.04. The number of hydrogen-bond acceptors (Lipinski definition) is 15. The van der Waals surface area contributed by atoms with Gasteiger partial charge in [-0.15, -0.1) is 0 Å². The summed E-state index contributed by atoms with van der Waals surface area (Å²) in [6.07, 6.45) is 0. The molecule has 0 unspecified atom stereocenters. The lowest BCUT2D eigenvalue weighted by atomic mass is 10.4. The maximum absolute atomic E-state index is 11.2. The predicted octanol–water partition coefficient (Wildman–Crippen LogP) is 0.264. The molecule has 0 saturated carbocycles. The average molecular weight is 658 g/mol. The van der Waals surface area contributed by atoms with Crippen molar-refractivity contribution >= 4 is 5.97 Å². The molecule has 2 N–H and O–H groups in total. The second-order valence-electron chi connectivity index (χ2n) is 9.05. The first-order chi connectivity index (χ1) is 22.2. The van der Waals surface area contributed by atoms with Crippen molar-refractivity contribution in [2.45, 2.75) is 6.92 Å². The fourth-order valence-electron chi connectivity index (χ4n) is 2.92. The Hall–Kier alpha value is -1.31. The number of hydrogen-bond donors (Lipinski definition) is 1. The molecule has 15 nitrogen and oxygen atoms in total. The standard InChI is InChI=1S/C30H59NO14/c1-29(2)30(32)45-28-27-44-26-25-43-24-23-42-22-21-41-20-19-40-18-17-39-16-15-38-14-13-37-12-11-36-10-9-35-8-7-34-6-5-33-4-3-31/h1,3-28,31H2,2H3. The van der Waals surface area contributed by atoms with Crippen molar-refractivity contribution in [3.8, 4) is 0 Å². The van der Waals surface area contributed by atoms with E-state index >= 15 is 0 Å². The largest absolute Gasteiger partial charge is 0.460 e. The molecule has 0 spiro atoms. The Bertz CT molecular complexity index is 617. The van der Waals surface area contributed by atoms with Crippen LogP contribution >= 0.6 is 0 Å². The second kappa shape index (κ2) is 38.9. The second-order valence-corrected chi connectivity index (χ2v) is 9.05. The third-order valence-corrected chi connectivity index (χ3v) is 5.16. The summed E-state index contributed by atoms with van der Waals surface area (Å²) in [6.45, 7) is 17.6. The van der Waals surface area contributed by atoms with Crippen LogP contribution in [-0.2, 0) is 66.4 Å². The molecule has 0 aromatic carbocycles. The maximum Gasteiger partial charge on any atom is 0.333 e. The highest BCUT2D eigenvalue weighted by Crippen LogP contribution is 1.92. The summed E-state index contributed by atoms with van der Waals surface area (Å²) in [4.78, 5) is 11.2. The van der Waals surface area contributed by atoms with Gasteiger partial charge >= 0.3 is 5.97 Å². The van der Waals surface area contributed by atoms with Crippen molar-refractivity contribution in [3.05, 3.63) is 12.2 Å². The summed E-state index contributed by atoms with van der Waals surface area (Å²) in [5.74, 6) is -0.414. The molecule has 0 aromatic heterocycles. The number of nitrogens with two attached hydrogens (primary N) is 1. The van der Waals surface area contributed by atoms with E-state index < -0.39 is 5.97 Å². The van der Waals surface area contributed by atoms with Gasteiger partial charge in [0, 0.05) is 12.1 Å². The van der Waals surface area contributed by atoms with Crippen LogP contribution < -0.4 is 5.73 Å². The molecule has 0 fully saturated rings. The fraction of sp³-hybridized carbons (Fsp3) is 0.900. The Morgan fingerprint density at radius 2 is 0.556 bits per heavy atom. The summed E-state index contributed by atoms with van der Waals surface area (Å²) in [7, 11) is 0. The van der Waals surface area contributed by atoms with Gasteiger partial charge in [-0.3, -0.25) is 0 Å². The normalized spacial score (nSPS) is 11.3. The van der Waals surface area contributed by atoms with Crippen molar-refractivity contribution in [2.75, 3.05) is 172 Å². The SMILES string of the molecule is C=C(C)C(=O)OCCOCCOCCOCCOCCOCCOCCOCCOCCOCCOCCOCCOCCN. The Morgan fingerprint density at radius 1 is 0.378 bits per heavy atom. The van der Waals surface area contributed by atoms with Crippen LogP contribution in [0.5, 0.6) is 0 Å². The topological polar surface area (TPSA) is 163 Å². The van der Waals surface area contributed by atoms with E-state index in [9.17, 15) is 4.79 Å². The monoisotopic (exact) mass is 657 g/mol. The molecule has 0 atom stereocenters. The lowest BCUT2D eigenvalue weighted by Crippen LogP contribution is -2.16. The summed E-state index contributed by atoms with van der Waals surface area (Å²) in [5, 5.41) is 0. The number of rotatable bonds is 39. The molecule has 0 rings (SSSR count). The van der Waals surface area contributed by atoms with Gasteiger partial charge in [-0.2, -0.15) is 0 Å². The quantitative estimate of drug-likeness (QED) is 0.0544. The third kappa shape index (κ3) is 38.8. The highest BCUT2D eigenvalue weighted by atomic mass is 16.6. The van der Waals surface area contributed by atoms with E-state index in [0.29, 0.717) is 171 Å². The minimum absolute atomic E-state index is 0.198. The lowest BCUT2D eigenvalue weighted by Gasteiger charge is -2.09. The van der Waals surface area contributed by atoms with E-state index in [1.54, 1.807) is 6.92 Å². The van der Waals surface area contributed by atoms with Crippen molar-refractivity contribution in [3.63, 3.8) is 0 Å². The summed E-state index contributed by atoms with van der Waals surface area (Å²) in [6, 6.07) is 0. The van der Waals surface area contributed by atoms with Crippen molar-refractivity contribution < 1.29 is 66.4 Å². The van der Waals surface area contributed by atoms with Crippen LogP contribution in [0, 0.1) is 0 Å². The molecular weight excluding hydrogens is 598 g/mol. The molecule has 0 heterocycles. The molecule has 0 aliphatic carbocycles. The number of carbonyl (C=O) groups is 1. The van der Waals surface area contributed by atoms with Crippen molar-refractivity contribution in [1.29, 1.82) is 0 Å². The first-order valence-corrected chi connectivity index (χ1v) is 15.6. The zero-order chi connectivity index (χ0) is 32.7. The molecule has 0 aliphatic rings. The highest BCUT2D eigenvalue weighted by molar-refractivity contribution is 5.86.